The van der Waals surface area contributed by atoms with Crippen molar-refractivity contribution in [3.8, 4) is 0 Å². The van der Waals surface area contributed by atoms with Crippen LogP contribution in [-0.2, 0) is 5.41 Å². The standard InChI is InChI=1S/C13H21N/c1-12(2,13(3,4)14-5)11-9-7-6-8-10-11/h6-10,14H,1-5H3. The highest BCUT2D eigenvalue weighted by molar-refractivity contribution is 5.27. The van der Waals surface area contributed by atoms with Gasteiger partial charge in [0.05, 0.1) is 0 Å². The van der Waals surface area contributed by atoms with E-state index < -0.39 is 0 Å². The van der Waals surface area contributed by atoms with Crippen LogP contribution in [0.1, 0.15) is 33.3 Å². The Morgan fingerprint density at radius 1 is 0.929 bits per heavy atom. The Labute approximate surface area is 87.5 Å². The van der Waals surface area contributed by atoms with E-state index in [-0.39, 0.29) is 11.0 Å². The van der Waals surface area contributed by atoms with Gasteiger partial charge in [-0.3, -0.25) is 0 Å². The molecule has 0 aliphatic carbocycles. The third-order valence-corrected chi connectivity index (χ3v) is 3.68. The molecular weight excluding hydrogens is 170 g/mol. The van der Waals surface area contributed by atoms with Gasteiger partial charge in [-0.2, -0.15) is 0 Å². The van der Waals surface area contributed by atoms with Crippen molar-refractivity contribution < 1.29 is 0 Å². The van der Waals surface area contributed by atoms with Gasteiger partial charge in [-0.15, -0.1) is 0 Å². The van der Waals surface area contributed by atoms with E-state index in [1.54, 1.807) is 0 Å². The first-order valence-corrected chi connectivity index (χ1v) is 5.16. The van der Waals surface area contributed by atoms with E-state index in [0.29, 0.717) is 0 Å². The van der Waals surface area contributed by atoms with Crippen LogP contribution in [0.25, 0.3) is 0 Å². The lowest BCUT2D eigenvalue weighted by atomic mass is 9.70. The fourth-order valence-corrected chi connectivity index (χ4v) is 1.53. The van der Waals surface area contributed by atoms with E-state index in [4.69, 9.17) is 0 Å². The molecule has 0 aliphatic heterocycles. The number of rotatable bonds is 3. The summed E-state index contributed by atoms with van der Waals surface area (Å²) in [5.41, 5.74) is 1.59. The molecule has 0 bridgehead atoms. The third kappa shape index (κ3) is 1.83. The fourth-order valence-electron chi connectivity index (χ4n) is 1.53. The van der Waals surface area contributed by atoms with Crippen molar-refractivity contribution in [1.82, 2.24) is 5.32 Å². The van der Waals surface area contributed by atoms with Gasteiger partial charge < -0.3 is 5.32 Å². The SMILES string of the molecule is CNC(C)(C)C(C)(C)c1ccccc1. The van der Waals surface area contributed by atoms with Gasteiger partial charge in [-0.1, -0.05) is 44.2 Å². The van der Waals surface area contributed by atoms with Crippen molar-refractivity contribution in [2.75, 3.05) is 7.05 Å². The molecule has 1 heteroatoms. The second kappa shape index (κ2) is 3.74. The van der Waals surface area contributed by atoms with Gasteiger partial charge >= 0.3 is 0 Å². The van der Waals surface area contributed by atoms with Gasteiger partial charge in [0.25, 0.3) is 0 Å². The van der Waals surface area contributed by atoms with Crippen molar-refractivity contribution in [2.45, 2.75) is 38.6 Å². The molecule has 0 radical (unpaired) electrons. The van der Waals surface area contributed by atoms with Crippen molar-refractivity contribution in [1.29, 1.82) is 0 Å². The minimum atomic E-state index is 0.0916. The molecule has 0 saturated heterocycles. The molecule has 14 heavy (non-hydrogen) atoms. The minimum Gasteiger partial charge on any atom is -0.314 e. The zero-order valence-corrected chi connectivity index (χ0v) is 9.89. The lowest BCUT2D eigenvalue weighted by Crippen LogP contribution is -2.52. The van der Waals surface area contributed by atoms with Gasteiger partial charge in [0.15, 0.2) is 0 Å². The van der Waals surface area contributed by atoms with E-state index in [1.807, 2.05) is 7.05 Å². The number of nitrogens with one attached hydrogen (secondary N) is 1. The largest absolute Gasteiger partial charge is 0.314 e. The smallest absolute Gasteiger partial charge is 0.0213 e. The van der Waals surface area contributed by atoms with Crippen LogP contribution in [0, 0.1) is 0 Å². The maximum atomic E-state index is 3.38. The summed E-state index contributed by atoms with van der Waals surface area (Å²) in [6.45, 7) is 9.03. The van der Waals surface area contributed by atoms with E-state index >= 15 is 0 Å². The zero-order chi connectivity index (χ0) is 10.8. The van der Waals surface area contributed by atoms with Crippen LogP contribution < -0.4 is 5.32 Å². The quantitative estimate of drug-likeness (QED) is 0.774. The maximum absolute atomic E-state index is 3.38. The molecular formula is C13H21N. The molecule has 1 rings (SSSR count). The number of hydrogen-bond donors (Lipinski definition) is 1. The van der Waals surface area contributed by atoms with Crippen molar-refractivity contribution >= 4 is 0 Å². The molecule has 0 unspecified atom stereocenters. The average molecular weight is 191 g/mol. The topological polar surface area (TPSA) is 12.0 Å². The molecule has 78 valence electrons. The fraction of sp³-hybridized carbons (Fsp3) is 0.538. The summed E-state index contributed by atoms with van der Waals surface area (Å²) in [5, 5.41) is 3.38. The van der Waals surface area contributed by atoms with Crippen LogP contribution in [0.3, 0.4) is 0 Å². The van der Waals surface area contributed by atoms with Gasteiger partial charge in [0.2, 0.25) is 0 Å². The molecule has 0 heterocycles. The molecule has 1 N–H and O–H groups in total. The molecule has 0 amide bonds. The van der Waals surface area contributed by atoms with Crippen LogP contribution in [0.2, 0.25) is 0 Å². The van der Waals surface area contributed by atoms with Crippen LogP contribution in [0.5, 0.6) is 0 Å². The van der Waals surface area contributed by atoms with E-state index in [1.165, 1.54) is 5.56 Å². The van der Waals surface area contributed by atoms with E-state index in [0.717, 1.165) is 0 Å². The summed E-state index contributed by atoms with van der Waals surface area (Å²) in [5.74, 6) is 0. The molecule has 0 saturated carbocycles. The molecule has 0 fully saturated rings. The molecule has 1 aromatic carbocycles. The number of hydrogen-bond acceptors (Lipinski definition) is 1. The molecule has 1 aromatic rings. The summed E-state index contributed by atoms with van der Waals surface area (Å²) in [6.07, 6.45) is 0. The van der Waals surface area contributed by atoms with Gasteiger partial charge in [0.1, 0.15) is 0 Å². The third-order valence-electron chi connectivity index (χ3n) is 3.68. The van der Waals surface area contributed by atoms with Crippen molar-refractivity contribution in [3.63, 3.8) is 0 Å². The van der Waals surface area contributed by atoms with Gasteiger partial charge in [-0.05, 0) is 26.5 Å². The second-order valence-electron chi connectivity index (χ2n) is 4.87. The predicted molar refractivity (Wildman–Crippen MR) is 62.6 cm³/mol. The molecule has 0 spiro atoms. The Morgan fingerprint density at radius 3 is 1.86 bits per heavy atom. The number of benzene rings is 1. The van der Waals surface area contributed by atoms with Gasteiger partial charge in [-0.25, -0.2) is 0 Å². The highest BCUT2D eigenvalue weighted by Crippen LogP contribution is 2.33. The maximum Gasteiger partial charge on any atom is 0.0213 e. The predicted octanol–water partition coefficient (Wildman–Crippen LogP) is 2.96. The van der Waals surface area contributed by atoms with E-state index in [2.05, 4.69) is 63.3 Å². The van der Waals surface area contributed by atoms with Crippen LogP contribution in [-0.4, -0.2) is 12.6 Å². The summed E-state index contributed by atoms with van der Waals surface area (Å²) in [7, 11) is 2.02. The lowest BCUT2D eigenvalue weighted by molar-refractivity contribution is 0.255. The van der Waals surface area contributed by atoms with Crippen molar-refractivity contribution in [2.24, 2.45) is 0 Å². The first-order chi connectivity index (χ1) is 6.42. The van der Waals surface area contributed by atoms with Gasteiger partial charge in [0, 0.05) is 11.0 Å². The Balaban J connectivity index is 3.08. The van der Waals surface area contributed by atoms with E-state index in [9.17, 15) is 0 Å². The normalized spacial score (nSPS) is 12.9. The highest BCUT2D eigenvalue weighted by atomic mass is 14.9. The van der Waals surface area contributed by atoms with Crippen LogP contribution in [0.4, 0.5) is 0 Å². The zero-order valence-electron chi connectivity index (χ0n) is 9.89. The molecule has 1 nitrogen and oxygen atoms in total. The molecule has 0 aliphatic rings. The Morgan fingerprint density at radius 2 is 1.43 bits per heavy atom. The Hall–Kier alpha value is -0.820. The van der Waals surface area contributed by atoms with Crippen LogP contribution >= 0.6 is 0 Å². The van der Waals surface area contributed by atoms with Crippen molar-refractivity contribution in [3.05, 3.63) is 35.9 Å². The summed E-state index contributed by atoms with van der Waals surface area (Å²) in [6, 6.07) is 10.6. The second-order valence-corrected chi connectivity index (χ2v) is 4.87. The minimum absolute atomic E-state index is 0.0916. The first-order valence-electron chi connectivity index (χ1n) is 5.16. The lowest BCUT2D eigenvalue weighted by Gasteiger charge is -2.42. The summed E-state index contributed by atoms with van der Waals surface area (Å²) < 4.78 is 0. The molecule has 0 atom stereocenters. The summed E-state index contributed by atoms with van der Waals surface area (Å²) >= 11 is 0. The monoisotopic (exact) mass is 191 g/mol. The average Bonchev–Trinajstić information content (AvgIpc) is 2.19. The number of likely N-dealkylation sites (N-methyl/N-ethyl adjacent to an activating group) is 1. The van der Waals surface area contributed by atoms with Crippen LogP contribution in [0.15, 0.2) is 30.3 Å². The highest BCUT2D eigenvalue weighted by Gasteiger charge is 2.36. The Bertz CT molecular complexity index is 285. The summed E-state index contributed by atoms with van der Waals surface area (Å²) in [4.78, 5) is 0. The first kappa shape index (κ1) is 11.3. The Kier molecular flexibility index (Phi) is 3.01. The molecule has 0 aromatic heterocycles.